The van der Waals surface area contributed by atoms with Crippen LogP contribution < -0.4 is 5.32 Å². The van der Waals surface area contributed by atoms with Gasteiger partial charge in [-0.25, -0.2) is 0 Å². The van der Waals surface area contributed by atoms with E-state index in [1.54, 1.807) is 6.07 Å². The minimum atomic E-state index is -0.0282. The molecule has 1 N–H and O–H groups in total. The van der Waals surface area contributed by atoms with Crippen molar-refractivity contribution >= 4 is 29.1 Å². The third-order valence-electron chi connectivity index (χ3n) is 4.37. The van der Waals surface area contributed by atoms with Gasteiger partial charge in [-0.2, -0.15) is 0 Å². The highest BCUT2D eigenvalue weighted by atomic mass is 35.5. The predicted molar refractivity (Wildman–Crippen MR) is 99.9 cm³/mol. The van der Waals surface area contributed by atoms with Gasteiger partial charge in [-0.1, -0.05) is 35.3 Å². The number of benzene rings is 2. The van der Waals surface area contributed by atoms with E-state index in [0.29, 0.717) is 15.6 Å². The van der Waals surface area contributed by atoms with Gasteiger partial charge >= 0.3 is 0 Å². The number of hydrogen-bond acceptors (Lipinski definition) is 2. The molecule has 0 aliphatic carbocycles. The van der Waals surface area contributed by atoms with Crippen LogP contribution in [-0.4, -0.2) is 37.0 Å². The molecule has 1 heterocycles. The van der Waals surface area contributed by atoms with E-state index >= 15 is 0 Å². The number of halogens is 2. The van der Waals surface area contributed by atoms with Crippen LogP contribution in [0, 0.1) is 0 Å². The van der Waals surface area contributed by atoms with Crippen LogP contribution in [-0.2, 0) is 0 Å². The first-order chi connectivity index (χ1) is 11.5. The lowest BCUT2D eigenvalue weighted by Crippen LogP contribution is -2.43. The third kappa shape index (κ3) is 4.29. The summed E-state index contributed by atoms with van der Waals surface area (Å²) < 4.78 is 0. The van der Waals surface area contributed by atoms with E-state index in [9.17, 15) is 4.79 Å². The van der Waals surface area contributed by atoms with Crippen molar-refractivity contribution in [2.24, 2.45) is 0 Å². The van der Waals surface area contributed by atoms with Crippen molar-refractivity contribution < 1.29 is 4.79 Å². The summed E-state index contributed by atoms with van der Waals surface area (Å²) in [5.74, 6) is -0.0282. The third-order valence-corrected chi connectivity index (χ3v) is 4.81. The second kappa shape index (κ2) is 7.56. The number of nitrogens with one attached hydrogen (secondary N) is 1. The van der Waals surface area contributed by atoms with Crippen LogP contribution in [0.2, 0.25) is 10.0 Å². The zero-order valence-corrected chi connectivity index (χ0v) is 15.1. The smallest absolute Gasteiger partial charge is 0.251 e. The van der Waals surface area contributed by atoms with Crippen molar-refractivity contribution in [2.75, 3.05) is 20.1 Å². The Morgan fingerprint density at radius 1 is 1.04 bits per heavy atom. The Morgan fingerprint density at radius 2 is 1.71 bits per heavy atom. The van der Waals surface area contributed by atoms with Gasteiger partial charge in [-0.15, -0.1) is 0 Å². The Bertz CT molecular complexity index is 720. The highest BCUT2D eigenvalue weighted by molar-refractivity contribution is 6.35. The molecule has 3 rings (SSSR count). The largest absolute Gasteiger partial charge is 0.349 e. The molecule has 3 nitrogen and oxygen atoms in total. The summed E-state index contributed by atoms with van der Waals surface area (Å²) in [4.78, 5) is 14.8. The lowest BCUT2D eigenvalue weighted by molar-refractivity contribution is 0.0917. The van der Waals surface area contributed by atoms with Crippen LogP contribution in [0.15, 0.2) is 42.5 Å². The topological polar surface area (TPSA) is 32.3 Å². The summed E-state index contributed by atoms with van der Waals surface area (Å²) in [7, 11) is 2.11. The maximum absolute atomic E-state index is 12.5. The Hall–Kier alpha value is -1.55. The first kappa shape index (κ1) is 17.3. The molecule has 0 saturated carbocycles. The summed E-state index contributed by atoms with van der Waals surface area (Å²) in [6.45, 7) is 2.04. The number of piperidine rings is 1. The van der Waals surface area contributed by atoms with Crippen molar-refractivity contribution in [2.45, 2.75) is 18.9 Å². The van der Waals surface area contributed by atoms with Crippen LogP contribution in [0.5, 0.6) is 0 Å². The van der Waals surface area contributed by atoms with Gasteiger partial charge in [0.15, 0.2) is 0 Å². The van der Waals surface area contributed by atoms with Gasteiger partial charge in [-0.05, 0) is 74.4 Å². The van der Waals surface area contributed by atoms with Gasteiger partial charge in [0.25, 0.3) is 5.91 Å². The molecule has 0 atom stereocenters. The van der Waals surface area contributed by atoms with Crippen molar-refractivity contribution in [3.8, 4) is 11.1 Å². The summed E-state index contributed by atoms with van der Waals surface area (Å²) in [6.07, 6.45) is 1.98. The molecule has 2 aromatic rings. The molecule has 5 heteroatoms. The second-order valence-corrected chi connectivity index (χ2v) is 7.16. The minimum Gasteiger partial charge on any atom is -0.349 e. The Balaban J connectivity index is 1.76. The fraction of sp³-hybridized carbons (Fsp3) is 0.316. The van der Waals surface area contributed by atoms with Crippen molar-refractivity contribution in [1.29, 1.82) is 0 Å². The van der Waals surface area contributed by atoms with E-state index in [-0.39, 0.29) is 11.9 Å². The fourth-order valence-electron chi connectivity index (χ4n) is 2.98. The van der Waals surface area contributed by atoms with Crippen molar-refractivity contribution in [1.82, 2.24) is 10.2 Å². The number of likely N-dealkylation sites (tertiary alicyclic amines) is 1. The highest BCUT2D eigenvalue weighted by Crippen LogP contribution is 2.27. The number of amides is 1. The summed E-state index contributed by atoms with van der Waals surface area (Å²) in [5, 5.41) is 4.30. The first-order valence-electron chi connectivity index (χ1n) is 8.07. The van der Waals surface area contributed by atoms with Gasteiger partial charge < -0.3 is 10.2 Å². The predicted octanol–water partition coefficient (Wildman–Crippen LogP) is 4.48. The molecule has 0 bridgehead atoms. The van der Waals surface area contributed by atoms with E-state index in [1.807, 2.05) is 36.4 Å². The molecule has 1 saturated heterocycles. The lowest BCUT2D eigenvalue weighted by Gasteiger charge is -2.29. The number of hydrogen-bond donors (Lipinski definition) is 1. The molecule has 0 radical (unpaired) electrons. The van der Waals surface area contributed by atoms with Crippen molar-refractivity contribution in [3.05, 3.63) is 58.1 Å². The fourth-order valence-corrected chi connectivity index (χ4v) is 3.51. The summed E-state index contributed by atoms with van der Waals surface area (Å²) in [5.41, 5.74) is 2.49. The van der Waals surface area contributed by atoms with Crippen LogP contribution in [0.3, 0.4) is 0 Å². The molecule has 0 unspecified atom stereocenters. The molecule has 1 aliphatic rings. The molecular weight excluding hydrogens is 343 g/mol. The summed E-state index contributed by atoms with van der Waals surface area (Å²) >= 11 is 12.2. The van der Waals surface area contributed by atoms with Gasteiger partial charge in [0.2, 0.25) is 0 Å². The second-order valence-electron chi connectivity index (χ2n) is 6.29. The molecular formula is C19H20Cl2N2O. The average Bonchev–Trinajstić information content (AvgIpc) is 2.56. The quantitative estimate of drug-likeness (QED) is 0.872. The highest BCUT2D eigenvalue weighted by Gasteiger charge is 2.19. The van der Waals surface area contributed by atoms with Gasteiger partial charge in [-0.3, -0.25) is 4.79 Å². The maximum Gasteiger partial charge on any atom is 0.251 e. The molecule has 1 fully saturated rings. The van der Waals surface area contributed by atoms with Crippen LogP contribution in [0.25, 0.3) is 11.1 Å². The van der Waals surface area contributed by atoms with E-state index in [2.05, 4.69) is 17.3 Å². The normalized spacial score (nSPS) is 16.1. The van der Waals surface area contributed by atoms with Gasteiger partial charge in [0, 0.05) is 21.7 Å². The number of rotatable bonds is 3. The van der Waals surface area contributed by atoms with Crippen LogP contribution in [0.4, 0.5) is 0 Å². The standard InChI is InChI=1S/C19H20Cl2N2O/c1-23-7-5-18(6-8-23)22-19(24)14-4-2-3-13(9-14)15-10-16(20)12-17(21)11-15/h2-4,9-12,18H,5-8H2,1H3,(H,22,24). The SMILES string of the molecule is CN1CCC(NC(=O)c2cccc(-c3cc(Cl)cc(Cl)c3)c2)CC1. The van der Waals surface area contributed by atoms with E-state index in [0.717, 1.165) is 37.1 Å². The molecule has 0 spiro atoms. The van der Waals surface area contributed by atoms with E-state index < -0.39 is 0 Å². The van der Waals surface area contributed by atoms with Gasteiger partial charge in [0.05, 0.1) is 0 Å². The van der Waals surface area contributed by atoms with E-state index in [1.165, 1.54) is 0 Å². The number of carbonyl (C=O) groups is 1. The minimum absolute atomic E-state index is 0.0282. The number of carbonyl (C=O) groups excluding carboxylic acids is 1. The number of nitrogens with zero attached hydrogens (tertiary/aromatic N) is 1. The Labute approximate surface area is 152 Å². The zero-order valence-electron chi connectivity index (χ0n) is 13.6. The Kier molecular flexibility index (Phi) is 5.44. The van der Waals surface area contributed by atoms with Crippen LogP contribution in [0.1, 0.15) is 23.2 Å². The lowest BCUT2D eigenvalue weighted by atomic mass is 10.0. The Morgan fingerprint density at radius 3 is 2.38 bits per heavy atom. The van der Waals surface area contributed by atoms with E-state index in [4.69, 9.17) is 23.2 Å². The molecule has 1 amide bonds. The molecule has 126 valence electrons. The van der Waals surface area contributed by atoms with Crippen LogP contribution >= 0.6 is 23.2 Å². The van der Waals surface area contributed by atoms with Crippen molar-refractivity contribution in [3.63, 3.8) is 0 Å². The average molecular weight is 363 g/mol. The molecule has 24 heavy (non-hydrogen) atoms. The zero-order chi connectivity index (χ0) is 17.1. The summed E-state index contributed by atoms with van der Waals surface area (Å²) in [6, 6.07) is 13.2. The molecule has 1 aliphatic heterocycles. The monoisotopic (exact) mass is 362 g/mol. The van der Waals surface area contributed by atoms with Gasteiger partial charge in [0.1, 0.15) is 0 Å². The first-order valence-corrected chi connectivity index (χ1v) is 8.83. The molecule has 2 aromatic carbocycles. The maximum atomic E-state index is 12.5. The molecule has 0 aromatic heterocycles.